The molecule has 0 atom stereocenters. The highest BCUT2D eigenvalue weighted by Crippen LogP contribution is 2.38. The van der Waals surface area contributed by atoms with E-state index < -0.39 is 16.9 Å². The number of hydrogen-bond acceptors (Lipinski definition) is 8. The molecule has 3 rings (SSSR count). The molecule has 3 aromatic rings. The van der Waals surface area contributed by atoms with Gasteiger partial charge >= 0.3 is 0 Å². The first-order valence-electron chi connectivity index (χ1n) is 8.47. The number of ether oxygens (including phenoxy) is 2. The number of hydrogen-bond donors (Lipinski definition) is 5. The van der Waals surface area contributed by atoms with Crippen LogP contribution in [-0.2, 0) is 4.74 Å². The van der Waals surface area contributed by atoms with Gasteiger partial charge in [-0.3, -0.25) is 4.79 Å². The van der Waals surface area contributed by atoms with E-state index in [1.165, 1.54) is 24.3 Å². The van der Waals surface area contributed by atoms with Crippen molar-refractivity contribution in [2.75, 3.05) is 26.4 Å². The quantitative estimate of drug-likeness (QED) is 0.213. The monoisotopic (exact) mass is 425 g/mol. The van der Waals surface area contributed by atoms with Gasteiger partial charge in [0.2, 0.25) is 11.2 Å². The predicted octanol–water partition coefficient (Wildman–Crippen LogP) is -2.08. The normalized spacial score (nSPS) is 10.7. The van der Waals surface area contributed by atoms with Crippen LogP contribution in [-0.4, -0.2) is 46.8 Å². The van der Waals surface area contributed by atoms with Crippen LogP contribution in [0.1, 0.15) is 0 Å². The molecule has 0 saturated carbocycles. The number of halogens is 1. The Bertz CT molecular complexity index is 1070. The van der Waals surface area contributed by atoms with Crippen LogP contribution in [0, 0.1) is 0 Å². The Hall–Kier alpha value is -3.14. The molecule has 0 aliphatic rings. The molecule has 7 N–H and O–H groups in total. The van der Waals surface area contributed by atoms with Crippen LogP contribution in [0.15, 0.2) is 39.5 Å². The fourth-order valence-electron chi connectivity index (χ4n) is 2.66. The van der Waals surface area contributed by atoms with Crippen molar-refractivity contribution in [3.63, 3.8) is 0 Å². The first-order chi connectivity index (χ1) is 13.4. The van der Waals surface area contributed by atoms with Gasteiger partial charge in [-0.1, -0.05) is 0 Å². The highest BCUT2D eigenvalue weighted by molar-refractivity contribution is 5.88. The molecule has 0 unspecified atom stereocenters. The molecule has 1 heterocycles. The third kappa shape index (κ3) is 4.65. The van der Waals surface area contributed by atoms with Gasteiger partial charge in [0, 0.05) is 17.7 Å². The summed E-state index contributed by atoms with van der Waals surface area (Å²) < 4.78 is 16.5. The minimum atomic E-state index is -0.654. The molecule has 0 aliphatic carbocycles. The molecule has 10 heteroatoms. The highest BCUT2D eigenvalue weighted by atomic mass is 35.5. The molecule has 0 bridgehead atoms. The Kier molecular flexibility index (Phi) is 7.16. The van der Waals surface area contributed by atoms with Gasteiger partial charge in [-0.2, -0.15) is 0 Å². The van der Waals surface area contributed by atoms with Crippen LogP contribution < -0.4 is 28.3 Å². The Morgan fingerprint density at radius 2 is 1.69 bits per heavy atom. The molecule has 0 amide bonds. The summed E-state index contributed by atoms with van der Waals surface area (Å²) in [5.41, 5.74) is 3.19. The van der Waals surface area contributed by atoms with Crippen molar-refractivity contribution >= 4 is 11.0 Å². The summed E-state index contributed by atoms with van der Waals surface area (Å²) in [5.74, 6) is -1.73. The SMILES string of the molecule is [Cl-].[NH3+]CCOCCOc1c(-c2ccc(O)c(O)c2)oc2cc(O)cc(O)c2c1=O. The van der Waals surface area contributed by atoms with Crippen molar-refractivity contribution in [2.45, 2.75) is 0 Å². The van der Waals surface area contributed by atoms with E-state index in [-0.39, 0.29) is 65.2 Å². The average molecular weight is 426 g/mol. The summed E-state index contributed by atoms with van der Waals surface area (Å²) in [6.07, 6.45) is 0. The molecule has 0 fully saturated rings. The fraction of sp³-hybridized carbons (Fsp3) is 0.211. The van der Waals surface area contributed by atoms with Crippen molar-refractivity contribution in [3.8, 4) is 40.1 Å². The molecule has 1 aromatic heterocycles. The number of benzene rings is 2. The van der Waals surface area contributed by atoms with Gasteiger partial charge in [0.05, 0.1) is 19.8 Å². The molecule has 9 nitrogen and oxygen atoms in total. The predicted molar refractivity (Wildman–Crippen MR) is 98.6 cm³/mol. The van der Waals surface area contributed by atoms with Crippen molar-refractivity contribution in [2.24, 2.45) is 0 Å². The maximum atomic E-state index is 12.9. The van der Waals surface area contributed by atoms with Gasteiger partial charge in [-0.25, -0.2) is 0 Å². The van der Waals surface area contributed by atoms with Crippen LogP contribution in [0.5, 0.6) is 28.7 Å². The minimum absolute atomic E-state index is 0. The zero-order valence-corrected chi connectivity index (χ0v) is 16.0. The standard InChI is InChI=1S/C19H19NO8.ClH/c20-3-4-26-5-6-27-19-17(25)16-14(24)8-11(21)9-15(16)28-18(19)10-1-2-12(22)13(23)7-10;/h1-2,7-9,21-24H,3-6,20H2;1H. The Morgan fingerprint density at radius 1 is 0.931 bits per heavy atom. The highest BCUT2D eigenvalue weighted by Gasteiger charge is 2.21. The number of quaternary nitrogens is 1. The smallest absolute Gasteiger partial charge is 0.239 e. The molecule has 2 aromatic carbocycles. The third-order valence-electron chi connectivity index (χ3n) is 3.92. The second-order valence-electron chi connectivity index (χ2n) is 5.95. The maximum Gasteiger partial charge on any atom is 0.239 e. The minimum Gasteiger partial charge on any atom is -1.00 e. The summed E-state index contributed by atoms with van der Waals surface area (Å²) in [6, 6.07) is 6.06. The van der Waals surface area contributed by atoms with E-state index >= 15 is 0 Å². The van der Waals surface area contributed by atoms with Gasteiger partial charge in [-0.05, 0) is 18.2 Å². The molecular weight excluding hydrogens is 406 g/mol. The third-order valence-corrected chi connectivity index (χ3v) is 3.92. The van der Waals surface area contributed by atoms with E-state index in [0.29, 0.717) is 13.2 Å². The number of fused-ring (bicyclic) bond motifs is 1. The maximum absolute atomic E-state index is 12.9. The van der Waals surface area contributed by atoms with E-state index in [9.17, 15) is 25.2 Å². The second-order valence-corrected chi connectivity index (χ2v) is 5.95. The number of aromatic hydroxyl groups is 4. The lowest BCUT2D eigenvalue weighted by molar-refractivity contribution is -0.374. The lowest BCUT2D eigenvalue weighted by Crippen LogP contribution is -3.00. The van der Waals surface area contributed by atoms with Crippen LogP contribution in [0.4, 0.5) is 0 Å². The van der Waals surface area contributed by atoms with Crippen molar-refractivity contribution in [1.82, 2.24) is 0 Å². The largest absolute Gasteiger partial charge is 1.00 e. The van der Waals surface area contributed by atoms with Crippen molar-refractivity contribution < 1.29 is 52.5 Å². The summed E-state index contributed by atoms with van der Waals surface area (Å²) in [7, 11) is 0. The second kappa shape index (κ2) is 9.37. The molecule has 0 aliphatic heterocycles. The van der Waals surface area contributed by atoms with Crippen molar-refractivity contribution in [1.29, 1.82) is 0 Å². The summed E-state index contributed by atoms with van der Waals surface area (Å²) >= 11 is 0. The Labute approximate surface area is 170 Å². The van der Waals surface area contributed by atoms with Crippen LogP contribution >= 0.6 is 0 Å². The lowest BCUT2D eigenvalue weighted by atomic mass is 10.1. The Balaban J connectivity index is 0.00000300. The first-order valence-corrected chi connectivity index (χ1v) is 8.47. The summed E-state index contributed by atoms with van der Waals surface area (Å²) in [4.78, 5) is 12.9. The van der Waals surface area contributed by atoms with E-state index in [2.05, 4.69) is 5.73 Å². The van der Waals surface area contributed by atoms with Gasteiger partial charge < -0.3 is 52.5 Å². The molecule has 29 heavy (non-hydrogen) atoms. The molecular formula is C19H20ClNO8. The number of phenolic OH excluding ortho intramolecular Hbond substituents is 4. The summed E-state index contributed by atoms with van der Waals surface area (Å²) in [6.45, 7) is 1.27. The summed E-state index contributed by atoms with van der Waals surface area (Å²) in [5, 5.41) is 38.9. The van der Waals surface area contributed by atoms with Crippen molar-refractivity contribution in [3.05, 3.63) is 40.6 Å². The van der Waals surface area contributed by atoms with E-state index in [1.807, 2.05) is 0 Å². The van der Waals surface area contributed by atoms with Gasteiger partial charge in [0.1, 0.15) is 29.1 Å². The molecule has 0 radical (unpaired) electrons. The zero-order valence-electron chi connectivity index (χ0n) is 15.2. The zero-order chi connectivity index (χ0) is 20.3. The van der Waals surface area contributed by atoms with E-state index in [1.54, 1.807) is 0 Å². The topological polar surface area (TPSA) is 157 Å². The average Bonchev–Trinajstić information content (AvgIpc) is 2.64. The Morgan fingerprint density at radius 3 is 2.38 bits per heavy atom. The van der Waals surface area contributed by atoms with E-state index in [4.69, 9.17) is 13.9 Å². The van der Waals surface area contributed by atoms with Crippen LogP contribution in [0.25, 0.3) is 22.3 Å². The van der Waals surface area contributed by atoms with Gasteiger partial charge in [0.25, 0.3) is 0 Å². The number of phenols is 4. The van der Waals surface area contributed by atoms with E-state index in [0.717, 1.165) is 6.07 Å². The first kappa shape index (κ1) is 22.2. The van der Waals surface area contributed by atoms with Gasteiger partial charge in [-0.15, -0.1) is 0 Å². The van der Waals surface area contributed by atoms with Crippen LogP contribution in [0.2, 0.25) is 0 Å². The molecule has 0 saturated heterocycles. The number of rotatable bonds is 7. The molecule has 0 spiro atoms. The lowest BCUT2D eigenvalue weighted by Gasteiger charge is -2.13. The van der Waals surface area contributed by atoms with Crippen LogP contribution in [0.3, 0.4) is 0 Å². The molecule has 156 valence electrons. The van der Waals surface area contributed by atoms with Gasteiger partial charge in [0.15, 0.2) is 17.3 Å². The fourth-order valence-corrected chi connectivity index (χ4v) is 2.66.